The number of rotatable bonds is 19. The average molecular weight is 587 g/mol. The highest BCUT2D eigenvalue weighted by Crippen LogP contribution is 2.23. The minimum Gasteiger partial charge on any atom is -0.460 e. The van der Waals surface area contributed by atoms with E-state index in [0.717, 1.165) is 12.2 Å². The highest BCUT2D eigenvalue weighted by atomic mass is 19.3. The third-order valence-electron chi connectivity index (χ3n) is 4.76. The number of alkyl halides is 4. The van der Waals surface area contributed by atoms with Gasteiger partial charge in [0.1, 0.15) is 19.8 Å². The van der Waals surface area contributed by atoms with Gasteiger partial charge in [-0.2, -0.15) is 8.78 Å². The molecule has 1 heterocycles. The fourth-order valence-corrected chi connectivity index (χ4v) is 2.90. The molecule has 1 rings (SSSR count). The van der Waals surface area contributed by atoms with Crippen LogP contribution < -0.4 is 17.1 Å². The number of aliphatic hydroxyl groups is 2. The molecular weight excluding hydrogens is 558 g/mol. The number of carbonyl (C=O) groups excluding carboxylic acids is 2. The Kier molecular flexibility index (Phi) is 14.2. The van der Waals surface area contributed by atoms with Crippen molar-refractivity contribution in [2.24, 2.45) is 0 Å². The van der Waals surface area contributed by atoms with Gasteiger partial charge in [0.15, 0.2) is 0 Å². The molecule has 0 bridgehead atoms. The Bertz CT molecular complexity index is 1120. The second kappa shape index (κ2) is 16.5. The first-order valence-corrected chi connectivity index (χ1v) is 11.5. The number of halogens is 4. The summed E-state index contributed by atoms with van der Waals surface area (Å²) in [7, 11) is 0. The van der Waals surface area contributed by atoms with E-state index in [4.69, 9.17) is 9.47 Å². The van der Waals surface area contributed by atoms with E-state index in [1.54, 1.807) is 0 Å². The van der Waals surface area contributed by atoms with Gasteiger partial charge in [0.05, 0.1) is 51.7 Å². The van der Waals surface area contributed by atoms with Crippen LogP contribution in [0.3, 0.4) is 0 Å². The molecule has 0 amide bonds. The summed E-state index contributed by atoms with van der Waals surface area (Å²) in [6, 6.07) is 0. The lowest BCUT2D eigenvalue weighted by Crippen LogP contribution is -2.58. The summed E-state index contributed by atoms with van der Waals surface area (Å²) >= 11 is 0. The number of hydrogen-bond donors (Lipinski definition) is 2. The Labute approximate surface area is 223 Å². The summed E-state index contributed by atoms with van der Waals surface area (Å²) in [4.78, 5) is 60.1. The topological polar surface area (TPSA) is 178 Å². The van der Waals surface area contributed by atoms with Crippen molar-refractivity contribution >= 4 is 11.9 Å². The van der Waals surface area contributed by atoms with Gasteiger partial charge in [0.2, 0.25) is 0 Å². The zero-order valence-electron chi connectivity index (χ0n) is 21.1. The summed E-state index contributed by atoms with van der Waals surface area (Å²) in [6.45, 7) is 0.345. The van der Waals surface area contributed by atoms with Crippen molar-refractivity contribution in [1.29, 1.82) is 0 Å². The van der Waals surface area contributed by atoms with Gasteiger partial charge in [-0.05, 0) is 0 Å². The van der Waals surface area contributed by atoms with E-state index < -0.39 is 86.4 Å². The van der Waals surface area contributed by atoms with Crippen molar-refractivity contribution in [2.45, 2.75) is 44.2 Å². The fraction of sp³-hybridized carbons (Fsp3) is 0.591. The molecule has 0 aliphatic heterocycles. The number of aliphatic hydroxyl groups excluding tert-OH is 2. The van der Waals surface area contributed by atoms with Crippen LogP contribution in [0.4, 0.5) is 17.6 Å². The van der Waals surface area contributed by atoms with Gasteiger partial charge < -0.3 is 29.2 Å². The van der Waals surface area contributed by atoms with Gasteiger partial charge in [-0.25, -0.2) is 46.5 Å². The minimum absolute atomic E-state index is 0.136. The summed E-state index contributed by atoms with van der Waals surface area (Å²) < 4.78 is 72.3. The molecule has 14 nitrogen and oxygen atoms in total. The van der Waals surface area contributed by atoms with Crippen molar-refractivity contribution in [3.8, 4) is 0 Å². The van der Waals surface area contributed by atoms with E-state index in [1.807, 2.05) is 0 Å². The van der Waals surface area contributed by atoms with Crippen LogP contribution in [0.1, 0.15) is 0 Å². The first kappa shape index (κ1) is 34.4. The summed E-state index contributed by atoms with van der Waals surface area (Å²) in [5.74, 6) is -6.34. The molecule has 2 unspecified atom stereocenters. The SMILES string of the molecule is C=CC(=O)OCCOCC(O)Cn1c(=O)n(CC(O)COCCOC(=O)C=C)c(=O)n(CC(F)(F)C(F)F)c1=O. The van der Waals surface area contributed by atoms with Crippen LogP contribution in [0.25, 0.3) is 0 Å². The molecule has 2 N–H and O–H groups in total. The van der Waals surface area contributed by atoms with Gasteiger partial charge in [0, 0.05) is 12.2 Å². The lowest BCUT2D eigenvalue weighted by atomic mass is 10.3. The van der Waals surface area contributed by atoms with Gasteiger partial charge in [-0.1, -0.05) is 13.2 Å². The monoisotopic (exact) mass is 587 g/mol. The Morgan fingerprint density at radius 2 is 1.15 bits per heavy atom. The van der Waals surface area contributed by atoms with Gasteiger partial charge in [-0.15, -0.1) is 0 Å². The van der Waals surface area contributed by atoms with Crippen LogP contribution in [0, 0.1) is 0 Å². The Balaban J connectivity index is 3.13. The molecule has 2 atom stereocenters. The molecule has 0 aliphatic carbocycles. The zero-order valence-corrected chi connectivity index (χ0v) is 21.1. The maximum absolute atomic E-state index is 13.8. The molecule has 1 aromatic rings. The van der Waals surface area contributed by atoms with Crippen LogP contribution in [-0.4, -0.2) is 100 Å². The van der Waals surface area contributed by atoms with Crippen LogP contribution in [0.2, 0.25) is 0 Å². The van der Waals surface area contributed by atoms with Crippen molar-refractivity contribution in [3.05, 3.63) is 56.8 Å². The van der Waals surface area contributed by atoms with Crippen LogP contribution in [-0.2, 0) is 48.2 Å². The molecule has 0 spiro atoms. The quantitative estimate of drug-likeness (QED) is 0.0815. The molecule has 0 fully saturated rings. The molecule has 0 aliphatic rings. The molecule has 1 aromatic heterocycles. The van der Waals surface area contributed by atoms with E-state index >= 15 is 0 Å². The zero-order chi connectivity index (χ0) is 30.5. The number of nitrogens with zero attached hydrogens (tertiary/aromatic N) is 3. The highest BCUT2D eigenvalue weighted by molar-refractivity contribution is 5.81. The number of ether oxygens (including phenoxy) is 4. The number of hydrogen-bond acceptors (Lipinski definition) is 11. The molecule has 18 heteroatoms. The number of aromatic nitrogens is 3. The molecule has 0 aromatic carbocycles. The first-order chi connectivity index (χ1) is 18.7. The summed E-state index contributed by atoms with van der Waals surface area (Å²) in [6.07, 6.45) is -5.79. The predicted octanol–water partition coefficient (Wildman–Crippen LogP) is -1.71. The fourth-order valence-electron chi connectivity index (χ4n) is 2.90. The number of carbonyl (C=O) groups is 2. The third kappa shape index (κ3) is 10.9. The van der Waals surface area contributed by atoms with Crippen molar-refractivity contribution in [2.75, 3.05) is 39.6 Å². The molecule has 226 valence electrons. The summed E-state index contributed by atoms with van der Waals surface area (Å²) in [5.41, 5.74) is -4.90. The Morgan fingerprint density at radius 1 is 0.775 bits per heavy atom. The van der Waals surface area contributed by atoms with E-state index in [1.165, 1.54) is 0 Å². The molecule has 0 saturated carbocycles. The van der Waals surface area contributed by atoms with E-state index in [-0.39, 0.29) is 40.1 Å². The normalized spacial score (nSPS) is 13.1. The van der Waals surface area contributed by atoms with Gasteiger partial charge >= 0.3 is 41.4 Å². The second-order valence-corrected chi connectivity index (χ2v) is 7.92. The maximum atomic E-state index is 13.8. The Hall–Kier alpha value is -3.61. The second-order valence-electron chi connectivity index (χ2n) is 7.92. The van der Waals surface area contributed by atoms with Crippen molar-refractivity contribution in [3.63, 3.8) is 0 Å². The molecule has 40 heavy (non-hydrogen) atoms. The molecular formula is C22H29F4N3O11. The third-order valence-corrected chi connectivity index (χ3v) is 4.76. The van der Waals surface area contributed by atoms with Crippen LogP contribution in [0.5, 0.6) is 0 Å². The van der Waals surface area contributed by atoms with Crippen molar-refractivity contribution < 1.29 is 56.3 Å². The lowest BCUT2D eigenvalue weighted by Gasteiger charge is -2.20. The van der Waals surface area contributed by atoms with Crippen LogP contribution in [0.15, 0.2) is 39.7 Å². The average Bonchev–Trinajstić information content (AvgIpc) is 2.90. The lowest BCUT2D eigenvalue weighted by molar-refractivity contribution is -0.140. The summed E-state index contributed by atoms with van der Waals surface area (Å²) in [5, 5.41) is 20.3. The van der Waals surface area contributed by atoms with Gasteiger partial charge in [0.25, 0.3) is 0 Å². The van der Waals surface area contributed by atoms with E-state index in [0.29, 0.717) is 0 Å². The highest BCUT2D eigenvalue weighted by Gasteiger charge is 2.42. The Morgan fingerprint density at radius 3 is 1.50 bits per heavy atom. The van der Waals surface area contributed by atoms with Crippen molar-refractivity contribution in [1.82, 2.24) is 13.7 Å². The van der Waals surface area contributed by atoms with Gasteiger partial charge in [-0.3, -0.25) is 0 Å². The molecule has 0 radical (unpaired) electrons. The number of esters is 2. The standard InChI is InChI=1S/C22H29F4N3O11/c1-3-16(32)39-7-5-37-11-14(30)9-27-19(34)28(10-15(31)12-38-6-8-40-17(33)4-2)21(36)29(20(27)35)13-22(25,26)18(23)24/h3-4,14-15,18,30-31H,1-2,5-13H2. The predicted molar refractivity (Wildman–Crippen MR) is 126 cm³/mol. The van der Waals surface area contributed by atoms with E-state index in [9.17, 15) is 51.7 Å². The molecule has 0 saturated heterocycles. The van der Waals surface area contributed by atoms with E-state index in [2.05, 4.69) is 22.6 Å². The first-order valence-electron chi connectivity index (χ1n) is 11.5. The maximum Gasteiger partial charge on any atom is 0.336 e. The largest absolute Gasteiger partial charge is 0.460 e. The minimum atomic E-state index is -4.85. The van der Waals surface area contributed by atoms with Crippen LogP contribution >= 0.6 is 0 Å². The smallest absolute Gasteiger partial charge is 0.336 e.